The third-order valence-corrected chi connectivity index (χ3v) is 6.23. The van der Waals surface area contributed by atoms with Gasteiger partial charge in [-0.2, -0.15) is 0 Å². The van der Waals surface area contributed by atoms with Gasteiger partial charge in [0.05, 0.1) is 23.4 Å². The Labute approximate surface area is 161 Å². The van der Waals surface area contributed by atoms with E-state index in [1.54, 1.807) is 43.3 Å². The first-order valence-electron chi connectivity index (χ1n) is 8.60. The van der Waals surface area contributed by atoms with Gasteiger partial charge in [0.1, 0.15) is 5.75 Å². The topological polar surface area (TPSA) is 98.7 Å². The van der Waals surface area contributed by atoms with Crippen LogP contribution in [0.15, 0.2) is 58.1 Å². The third-order valence-electron chi connectivity index (χ3n) is 4.46. The van der Waals surface area contributed by atoms with Crippen LogP contribution in [0.4, 0.5) is 5.69 Å². The summed E-state index contributed by atoms with van der Waals surface area (Å²) in [4.78, 5) is 0.133. The molecule has 0 saturated carbocycles. The van der Waals surface area contributed by atoms with Crippen LogP contribution in [0.3, 0.4) is 0 Å². The molecule has 27 heavy (non-hydrogen) atoms. The van der Waals surface area contributed by atoms with Gasteiger partial charge in [-0.3, -0.25) is 5.01 Å². The molecule has 6 nitrogen and oxygen atoms in total. The maximum atomic E-state index is 12.9. The van der Waals surface area contributed by atoms with Crippen molar-refractivity contribution in [2.45, 2.75) is 38.5 Å². The first-order valence-corrected chi connectivity index (χ1v) is 10.1. The molecule has 0 aliphatic heterocycles. The lowest BCUT2D eigenvalue weighted by atomic mass is 10.0. The fourth-order valence-electron chi connectivity index (χ4n) is 2.64. The highest BCUT2D eigenvalue weighted by Gasteiger charge is 2.24. The van der Waals surface area contributed by atoms with Gasteiger partial charge < -0.3 is 10.5 Å². The number of ether oxygens (including phenoxy) is 1. The average Bonchev–Trinajstić information content (AvgIpc) is 2.66. The maximum Gasteiger partial charge on any atom is 0.223 e. The van der Waals surface area contributed by atoms with E-state index >= 15 is 0 Å². The van der Waals surface area contributed by atoms with Crippen molar-refractivity contribution < 1.29 is 13.2 Å². The fourth-order valence-corrected chi connectivity index (χ4v) is 3.88. The van der Waals surface area contributed by atoms with Crippen LogP contribution in [0, 0.1) is 6.92 Å². The summed E-state index contributed by atoms with van der Waals surface area (Å²) < 4.78 is 31.2. The van der Waals surface area contributed by atoms with Crippen LogP contribution in [0.25, 0.3) is 0 Å². The van der Waals surface area contributed by atoms with Gasteiger partial charge in [-0.05, 0) is 55.2 Å². The number of sulfone groups is 1. The van der Waals surface area contributed by atoms with Crippen LogP contribution in [-0.4, -0.2) is 15.5 Å². The van der Waals surface area contributed by atoms with E-state index in [0.717, 1.165) is 11.1 Å². The van der Waals surface area contributed by atoms with E-state index in [-0.39, 0.29) is 15.6 Å². The molecule has 0 aliphatic carbocycles. The van der Waals surface area contributed by atoms with Crippen LogP contribution >= 0.6 is 0 Å². The van der Waals surface area contributed by atoms with Gasteiger partial charge in [0.2, 0.25) is 9.84 Å². The summed E-state index contributed by atoms with van der Waals surface area (Å²) in [5.74, 6) is 7.01. The molecule has 0 bridgehead atoms. The van der Waals surface area contributed by atoms with Crippen molar-refractivity contribution in [1.82, 2.24) is 0 Å². The molecule has 0 atom stereocenters. The number of anilines is 1. The van der Waals surface area contributed by atoms with Crippen molar-refractivity contribution in [3.63, 3.8) is 0 Å². The highest BCUT2D eigenvalue weighted by molar-refractivity contribution is 7.95. The van der Waals surface area contributed by atoms with E-state index in [0.29, 0.717) is 17.4 Å². The van der Waals surface area contributed by atoms with Crippen LogP contribution in [-0.2, 0) is 9.84 Å². The molecule has 0 spiro atoms. The predicted molar refractivity (Wildman–Crippen MR) is 109 cm³/mol. The summed E-state index contributed by atoms with van der Waals surface area (Å²) in [5.41, 5.74) is 8.78. The summed E-state index contributed by atoms with van der Waals surface area (Å²) in [6.45, 7) is 7.57. The minimum absolute atomic E-state index is 0.133. The van der Waals surface area contributed by atoms with Gasteiger partial charge in [-0.25, -0.2) is 14.3 Å². The molecule has 0 aliphatic rings. The molecule has 2 aromatic rings. The van der Waals surface area contributed by atoms with Crippen molar-refractivity contribution in [2.24, 2.45) is 11.6 Å². The number of hydrogen-bond acceptors (Lipinski definition) is 6. The Balaban J connectivity index is 2.47. The normalized spacial score (nSPS) is 12.7. The van der Waals surface area contributed by atoms with Gasteiger partial charge in [-0.1, -0.05) is 32.0 Å². The Bertz CT molecular complexity index is 949. The van der Waals surface area contributed by atoms with E-state index in [1.165, 1.54) is 12.1 Å². The number of hydrazine groups is 1. The number of nitrogens with two attached hydrogens (primary N) is 2. The number of methoxy groups -OCH3 is 1. The summed E-state index contributed by atoms with van der Waals surface area (Å²) in [6.07, 6.45) is 0. The molecule has 2 aromatic carbocycles. The first-order chi connectivity index (χ1) is 12.6. The summed E-state index contributed by atoms with van der Waals surface area (Å²) in [5, 5.41) is 0.937. The van der Waals surface area contributed by atoms with Crippen LogP contribution in [0.2, 0.25) is 0 Å². The molecular formula is C20H27N3O3S. The highest BCUT2D eigenvalue weighted by Crippen LogP contribution is 2.31. The van der Waals surface area contributed by atoms with E-state index in [4.69, 9.17) is 16.3 Å². The minimum Gasteiger partial charge on any atom is -0.495 e. The SMILES string of the molecule is COc1ccc(C)cc1N(N)/C(C)=C(\N)S(=O)(=O)c1ccc(C(C)C)cc1. The second-order valence-corrected chi connectivity index (χ2v) is 8.64. The van der Waals surface area contributed by atoms with Crippen molar-refractivity contribution in [1.29, 1.82) is 0 Å². The summed E-state index contributed by atoms with van der Waals surface area (Å²) >= 11 is 0. The number of aryl methyl sites for hydroxylation is 1. The van der Waals surface area contributed by atoms with E-state index in [1.807, 2.05) is 26.8 Å². The van der Waals surface area contributed by atoms with Crippen molar-refractivity contribution in [2.75, 3.05) is 12.1 Å². The molecule has 0 radical (unpaired) electrons. The standard InChI is InChI=1S/C20H27N3O3S/c1-13(2)16-7-9-17(10-8-16)27(24,25)20(21)15(4)23(22)18-12-14(3)6-11-19(18)26-5/h6-13H,21-22H2,1-5H3/b20-15+. The Morgan fingerprint density at radius 3 is 2.22 bits per heavy atom. The molecule has 0 unspecified atom stereocenters. The van der Waals surface area contributed by atoms with Gasteiger partial charge in [0.15, 0.2) is 5.03 Å². The molecule has 7 heteroatoms. The second kappa shape index (κ2) is 8.02. The van der Waals surface area contributed by atoms with E-state index < -0.39 is 9.84 Å². The van der Waals surface area contributed by atoms with E-state index in [2.05, 4.69) is 0 Å². The number of hydrogen-bond donors (Lipinski definition) is 2. The predicted octanol–water partition coefficient (Wildman–Crippen LogP) is 3.43. The largest absolute Gasteiger partial charge is 0.495 e. The van der Waals surface area contributed by atoms with Crippen LogP contribution in [0.5, 0.6) is 5.75 Å². The molecule has 2 rings (SSSR count). The molecule has 0 fully saturated rings. The summed E-state index contributed by atoms with van der Waals surface area (Å²) in [6, 6.07) is 12.2. The number of nitrogens with zero attached hydrogens (tertiary/aromatic N) is 1. The Morgan fingerprint density at radius 2 is 1.70 bits per heavy atom. The molecule has 0 heterocycles. The van der Waals surface area contributed by atoms with Gasteiger partial charge in [0.25, 0.3) is 0 Å². The Morgan fingerprint density at radius 1 is 1.11 bits per heavy atom. The smallest absolute Gasteiger partial charge is 0.223 e. The third kappa shape index (κ3) is 4.26. The van der Waals surface area contributed by atoms with Crippen molar-refractivity contribution in [3.05, 3.63) is 64.3 Å². The minimum atomic E-state index is -3.87. The summed E-state index contributed by atoms with van der Waals surface area (Å²) in [7, 11) is -2.34. The van der Waals surface area contributed by atoms with Crippen LogP contribution < -0.4 is 21.3 Å². The molecule has 4 N–H and O–H groups in total. The molecular weight excluding hydrogens is 362 g/mol. The zero-order valence-electron chi connectivity index (χ0n) is 16.4. The molecule has 0 aromatic heterocycles. The molecule has 146 valence electrons. The maximum absolute atomic E-state index is 12.9. The lowest BCUT2D eigenvalue weighted by Crippen LogP contribution is -2.33. The lowest BCUT2D eigenvalue weighted by molar-refractivity contribution is 0.415. The fraction of sp³-hybridized carbons (Fsp3) is 0.300. The average molecular weight is 390 g/mol. The molecule has 0 saturated heterocycles. The first kappa shape index (κ1) is 20.8. The zero-order chi connectivity index (χ0) is 20.4. The van der Waals surface area contributed by atoms with Crippen molar-refractivity contribution in [3.8, 4) is 5.75 Å². The van der Waals surface area contributed by atoms with Gasteiger partial charge in [0, 0.05) is 0 Å². The monoisotopic (exact) mass is 389 g/mol. The lowest BCUT2D eigenvalue weighted by Gasteiger charge is -2.23. The Hall–Kier alpha value is -2.51. The van der Waals surface area contributed by atoms with E-state index in [9.17, 15) is 8.42 Å². The highest BCUT2D eigenvalue weighted by atomic mass is 32.2. The number of allylic oxidation sites excluding steroid dienone is 1. The van der Waals surface area contributed by atoms with Crippen LogP contribution in [0.1, 0.15) is 37.8 Å². The second-order valence-electron chi connectivity index (χ2n) is 6.72. The Kier molecular flexibility index (Phi) is 6.18. The van der Waals surface area contributed by atoms with Gasteiger partial charge in [-0.15, -0.1) is 0 Å². The zero-order valence-corrected chi connectivity index (χ0v) is 17.2. The van der Waals surface area contributed by atoms with Gasteiger partial charge >= 0.3 is 0 Å². The number of rotatable bonds is 6. The number of benzene rings is 2. The molecule has 0 amide bonds. The van der Waals surface area contributed by atoms with Crippen molar-refractivity contribution >= 4 is 15.5 Å². The quantitative estimate of drug-likeness (QED) is 0.580.